The van der Waals surface area contributed by atoms with Gasteiger partial charge in [0, 0.05) is 0 Å². The lowest BCUT2D eigenvalue weighted by Crippen LogP contribution is -2.03. The summed E-state index contributed by atoms with van der Waals surface area (Å²) in [5.41, 5.74) is 0. The molecule has 6 nitrogen and oxygen atoms in total. The van der Waals surface area contributed by atoms with Crippen molar-refractivity contribution in [2.75, 3.05) is 13.2 Å². The monoisotopic (exact) mass is 230 g/mol. The second kappa shape index (κ2) is 9.58. The molecular weight excluding hydrogens is 211 g/mol. The zero-order chi connectivity index (χ0) is 11.6. The lowest BCUT2D eigenvalue weighted by atomic mass is 10.4. The van der Waals surface area contributed by atoms with Gasteiger partial charge in [-0.2, -0.15) is 0 Å². The Balaban J connectivity index is 0. The number of aliphatic hydroxyl groups excluding tert-OH is 2. The third kappa shape index (κ3) is 22.7. The zero-order valence-corrected chi connectivity index (χ0v) is 9.35. The van der Waals surface area contributed by atoms with E-state index in [9.17, 15) is 4.57 Å². The smallest absolute Gasteiger partial charge is 0.394 e. The molecule has 1 unspecified atom stereocenters. The molecule has 0 aromatic heterocycles. The Kier molecular flexibility index (Phi) is 11.3. The summed E-state index contributed by atoms with van der Waals surface area (Å²) in [6, 6.07) is 0. The summed E-state index contributed by atoms with van der Waals surface area (Å²) in [7, 11) is -4.20. The molecule has 0 aliphatic carbocycles. The number of unbranched alkanes of at least 4 members (excludes halogenated alkanes) is 1. The Labute approximate surface area is 83.8 Å². The van der Waals surface area contributed by atoms with Gasteiger partial charge in [-0.15, -0.1) is 0 Å². The Morgan fingerprint density at radius 2 is 1.86 bits per heavy atom. The Bertz CT molecular complexity index is 154. The van der Waals surface area contributed by atoms with Crippen LogP contribution in [-0.4, -0.2) is 39.3 Å². The number of aliphatic hydroxyl groups is 2. The quantitative estimate of drug-likeness (QED) is 0.398. The van der Waals surface area contributed by atoms with E-state index in [0.717, 1.165) is 6.42 Å². The van der Waals surface area contributed by atoms with Gasteiger partial charge in [-0.05, 0) is 13.3 Å². The molecular formula is C7H19O6P. The van der Waals surface area contributed by atoms with Crippen molar-refractivity contribution in [3.63, 3.8) is 0 Å². The van der Waals surface area contributed by atoms with Crippen molar-refractivity contribution in [2.24, 2.45) is 0 Å². The molecule has 0 amide bonds. The molecule has 0 bridgehead atoms. The standard InChI is InChI=1S/C4H11O4P.C3H8O2/c1-2-3-4-8-9(5,6)7;1-3(5)2-4/h2-4H2,1H3,(H2,5,6,7);3-5H,2H2,1H3. The molecule has 14 heavy (non-hydrogen) atoms. The van der Waals surface area contributed by atoms with Crippen LogP contribution in [0.5, 0.6) is 0 Å². The van der Waals surface area contributed by atoms with E-state index in [2.05, 4.69) is 4.52 Å². The second-order valence-corrected chi connectivity index (χ2v) is 3.95. The fourth-order valence-corrected chi connectivity index (χ4v) is 0.695. The van der Waals surface area contributed by atoms with Gasteiger partial charge in [0.2, 0.25) is 0 Å². The Morgan fingerprint density at radius 3 is 2.07 bits per heavy atom. The van der Waals surface area contributed by atoms with Crippen molar-refractivity contribution >= 4 is 7.82 Å². The van der Waals surface area contributed by atoms with Gasteiger partial charge in [0.1, 0.15) is 0 Å². The third-order valence-electron chi connectivity index (χ3n) is 1.02. The number of phosphoric ester groups is 1. The summed E-state index contributed by atoms with van der Waals surface area (Å²) in [6.07, 6.45) is 1.00. The van der Waals surface area contributed by atoms with Gasteiger partial charge in [0.15, 0.2) is 0 Å². The van der Waals surface area contributed by atoms with Crippen LogP contribution in [0.4, 0.5) is 0 Å². The van der Waals surface area contributed by atoms with Crippen molar-refractivity contribution in [3.05, 3.63) is 0 Å². The van der Waals surface area contributed by atoms with Crippen LogP contribution in [0.2, 0.25) is 0 Å². The molecule has 7 heteroatoms. The minimum Gasteiger partial charge on any atom is -0.394 e. The van der Waals surface area contributed by atoms with Crippen molar-refractivity contribution in [1.82, 2.24) is 0 Å². The lowest BCUT2D eigenvalue weighted by molar-refractivity contribution is 0.110. The van der Waals surface area contributed by atoms with Crippen LogP contribution in [-0.2, 0) is 9.09 Å². The normalized spacial score (nSPS) is 13.0. The first-order valence-corrected chi connectivity index (χ1v) is 5.85. The minimum absolute atomic E-state index is 0.139. The largest absolute Gasteiger partial charge is 0.469 e. The average Bonchev–Trinajstić information content (AvgIpc) is 2.04. The van der Waals surface area contributed by atoms with Crippen molar-refractivity contribution in [3.8, 4) is 0 Å². The summed E-state index contributed by atoms with van der Waals surface area (Å²) in [5.74, 6) is 0. The van der Waals surface area contributed by atoms with Gasteiger partial charge >= 0.3 is 7.82 Å². The number of hydrogen-bond donors (Lipinski definition) is 4. The first kappa shape index (κ1) is 16.5. The summed E-state index contributed by atoms with van der Waals surface area (Å²) < 4.78 is 14.1. The van der Waals surface area contributed by atoms with E-state index >= 15 is 0 Å². The number of rotatable bonds is 5. The van der Waals surface area contributed by atoms with Gasteiger partial charge < -0.3 is 20.0 Å². The van der Waals surface area contributed by atoms with E-state index < -0.39 is 13.9 Å². The number of phosphoric acid groups is 1. The van der Waals surface area contributed by atoms with Crippen molar-refractivity contribution < 1.29 is 29.1 Å². The maximum atomic E-state index is 9.98. The molecule has 0 radical (unpaired) electrons. The third-order valence-corrected chi connectivity index (χ3v) is 1.54. The fraction of sp³-hybridized carbons (Fsp3) is 1.00. The van der Waals surface area contributed by atoms with E-state index in [-0.39, 0.29) is 13.2 Å². The topological polar surface area (TPSA) is 107 Å². The summed E-state index contributed by atoms with van der Waals surface area (Å²) in [4.78, 5) is 16.3. The first-order chi connectivity index (χ1) is 6.33. The first-order valence-electron chi connectivity index (χ1n) is 4.32. The van der Waals surface area contributed by atoms with E-state index in [1.54, 1.807) is 0 Å². The molecule has 0 aromatic rings. The maximum Gasteiger partial charge on any atom is 0.469 e. The van der Waals surface area contributed by atoms with Crippen molar-refractivity contribution in [1.29, 1.82) is 0 Å². The maximum absolute atomic E-state index is 9.98. The Hall–Kier alpha value is 0.0300. The summed E-state index contributed by atoms with van der Waals surface area (Å²) in [6.45, 7) is 3.45. The van der Waals surface area contributed by atoms with Gasteiger partial charge in [-0.3, -0.25) is 4.52 Å². The van der Waals surface area contributed by atoms with E-state index in [4.69, 9.17) is 20.0 Å². The molecule has 0 aliphatic heterocycles. The highest BCUT2D eigenvalue weighted by Gasteiger charge is 2.11. The molecule has 0 heterocycles. The predicted molar refractivity (Wildman–Crippen MR) is 51.7 cm³/mol. The van der Waals surface area contributed by atoms with Crippen LogP contribution in [0.25, 0.3) is 0 Å². The van der Waals surface area contributed by atoms with Crippen LogP contribution in [0.1, 0.15) is 26.7 Å². The van der Waals surface area contributed by atoms with Crippen LogP contribution >= 0.6 is 7.82 Å². The van der Waals surface area contributed by atoms with E-state index in [1.807, 2.05) is 6.92 Å². The van der Waals surface area contributed by atoms with Crippen LogP contribution < -0.4 is 0 Å². The molecule has 1 atom stereocenters. The Morgan fingerprint density at radius 1 is 1.43 bits per heavy atom. The van der Waals surface area contributed by atoms with Crippen LogP contribution in [0.3, 0.4) is 0 Å². The zero-order valence-electron chi connectivity index (χ0n) is 8.46. The lowest BCUT2D eigenvalue weighted by Gasteiger charge is -2.02. The van der Waals surface area contributed by atoms with Crippen LogP contribution in [0.15, 0.2) is 0 Å². The van der Waals surface area contributed by atoms with E-state index in [1.165, 1.54) is 6.92 Å². The molecule has 0 aliphatic rings. The summed E-state index contributed by atoms with van der Waals surface area (Å²) in [5, 5.41) is 16.0. The second-order valence-electron chi connectivity index (χ2n) is 2.71. The molecule has 0 fully saturated rings. The molecule has 0 aromatic carbocycles. The molecule has 0 rings (SSSR count). The predicted octanol–water partition coefficient (Wildman–Crippen LogP) is 0.255. The average molecular weight is 230 g/mol. The number of hydrogen-bond acceptors (Lipinski definition) is 4. The SMILES string of the molecule is CC(O)CO.CCCCOP(=O)(O)O. The molecule has 0 saturated carbocycles. The van der Waals surface area contributed by atoms with Gasteiger partial charge in [0.05, 0.1) is 19.3 Å². The highest BCUT2D eigenvalue weighted by Crippen LogP contribution is 2.35. The van der Waals surface area contributed by atoms with Gasteiger partial charge in [0.25, 0.3) is 0 Å². The van der Waals surface area contributed by atoms with E-state index in [0.29, 0.717) is 6.42 Å². The summed E-state index contributed by atoms with van der Waals surface area (Å²) >= 11 is 0. The van der Waals surface area contributed by atoms with Gasteiger partial charge in [-0.25, -0.2) is 4.57 Å². The van der Waals surface area contributed by atoms with Crippen molar-refractivity contribution in [2.45, 2.75) is 32.8 Å². The highest BCUT2D eigenvalue weighted by molar-refractivity contribution is 7.46. The molecule has 0 saturated heterocycles. The molecule has 88 valence electrons. The fourth-order valence-electron chi connectivity index (χ4n) is 0.328. The highest BCUT2D eigenvalue weighted by atomic mass is 31.2. The minimum atomic E-state index is -4.20. The van der Waals surface area contributed by atoms with Gasteiger partial charge in [-0.1, -0.05) is 13.3 Å². The van der Waals surface area contributed by atoms with Crippen LogP contribution in [0, 0.1) is 0 Å². The molecule has 4 N–H and O–H groups in total. The molecule has 0 spiro atoms.